The van der Waals surface area contributed by atoms with Crippen LogP contribution in [0.1, 0.15) is 98.3 Å². The van der Waals surface area contributed by atoms with Gasteiger partial charge in [0, 0.05) is 12.5 Å². The number of hydrogen-bond acceptors (Lipinski definition) is 1. The second-order valence-electron chi connectivity index (χ2n) is 8.12. The molecule has 0 heterocycles. The summed E-state index contributed by atoms with van der Waals surface area (Å²) in [7, 11) is 0. The lowest BCUT2D eigenvalue weighted by molar-refractivity contribution is -0.122. The summed E-state index contributed by atoms with van der Waals surface area (Å²) < 4.78 is 0. The highest BCUT2D eigenvalue weighted by Gasteiger charge is 2.23. The fraction of sp³-hybridized carbons (Fsp3) is 0.950. The predicted octanol–water partition coefficient (Wildman–Crippen LogP) is 5.70. The highest BCUT2D eigenvalue weighted by atomic mass is 16.1. The maximum atomic E-state index is 12.0. The number of amides is 1. The molecule has 0 aromatic rings. The van der Waals surface area contributed by atoms with Crippen molar-refractivity contribution in [1.82, 2.24) is 5.32 Å². The van der Waals surface area contributed by atoms with Crippen LogP contribution < -0.4 is 5.32 Å². The van der Waals surface area contributed by atoms with E-state index >= 15 is 0 Å². The van der Waals surface area contributed by atoms with Gasteiger partial charge in [0.25, 0.3) is 0 Å². The zero-order valence-corrected chi connectivity index (χ0v) is 15.5. The van der Waals surface area contributed by atoms with E-state index in [0.29, 0.717) is 6.04 Å². The molecule has 0 aromatic heterocycles. The van der Waals surface area contributed by atoms with Crippen LogP contribution in [0.3, 0.4) is 0 Å². The third-order valence-electron chi connectivity index (χ3n) is 5.27. The molecule has 0 saturated heterocycles. The van der Waals surface area contributed by atoms with Crippen LogP contribution in [0.4, 0.5) is 0 Å². The summed E-state index contributed by atoms with van der Waals surface area (Å²) in [6.07, 6.45) is 13.3. The Bertz CT molecular complexity index is 290. The predicted molar refractivity (Wildman–Crippen MR) is 95.9 cm³/mol. The Labute approximate surface area is 138 Å². The Morgan fingerprint density at radius 1 is 0.909 bits per heavy atom. The topological polar surface area (TPSA) is 29.1 Å². The van der Waals surface area contributed by atoms with E-state index < -0.39 is 0 Å². The first-order chi connectivity index (χ1) is 10.5. The summed E-state index contributed by atoms with van der Waals surface area (Å²) >= 11 is 0. The zero-order chi connectivity index (χ0) is 16.4. The van der Waals surface area contributed by atoms with Gasteiger partial charge in [-0.25, -0.2) is 0 Å². The highest BCUT2D eigenvalue weighted by Crippen LogP contribution is 2.29. The van der Waals surface area contributed by atoms with Crippen LogP contribution in [-0.2, 0) is 4.79 Å². The van der Waals surface area contributed by atoms with Crippen LogP contribution in [-0.4, -0.2) is 11.9 Å². The minimum Gasteiger partial charge on any atom is -0.353 e. The molecule has 0 radical (unpaired) electrons. The molecule has 2 heteroatoms. The van der Waals surface area contributed by atoms with Crippen LogP contribution in [0.5, 0.6) is 0 Å². The lowest BCUT2D eigenvalue weighted by Crippen LogP contribution is -2.38. The van der Waals surface area contributed by atoms with E-state index in [9.17, 15) is 4.79 Å². The minimum atomic E-state index is 0.287. The molecule has 2 nitrogen and oxygen atoms in total. The summed E-state index contributed by atoms with van der Waals surface area (Å²) in [6.45, 7) is 9.23. The van der Waals surface area contributed by atoms with E-state index in [2.05, 4.69) is 33.0 Å². The SMILES string of the molecule is CC(C)CCCCCCCC(=O)NC1CCC(C(C)C)CC1. The van der Waals surface area contributed by atoms with Gasteiger partial charge in [0.05, 0.1) is 0 Å². The molecule has 1 rings (SSSR count). The molecule has 1 fully saturated rings. The van der Waals surface area contributed by atoms with Crippen LogP contribution >= 0.6 is 0 Å². The van der Waals surface area contributed by atoms with Gasteiger partial charge in [0.2, 0.25) is 5.91 Å². The first kappa shape index (κ1) is 19.5. The number of hydrogen-bond donors (Lipinski definition) is 1. The van der Waals surface area contributed by atoms with Crippen molar-refractivity contribution in [3.05, 3.63) is 0 Å². The van der Waals surface area contributed by atoms with Crippen LogP contribution in [0.25, 0.3) is 0 Å². The van der Waals surface area contributed by atoms with Crippen molar-refractivity contribution in [3.63, 3.8) is 0 Å². The summed E-state index contributed by atoms with van der Waals surface area (Å²) in [6, 6.07) is 0.452. The molecule has 0 atom stereocenters. The molecule has 0 bridgehead atoms. The van der Waals surface area contributed by atoms with Gasteiger partial charge in [-0.05, 0) is 49.9 Å². The highest BCUT2D eigenvalue weighted by molar-refractivity contribution is 5.76. The molecule has 0 unspecified atom stereocenters. The van der Waals surface area contributed by atoms with E-state index in [4.69, 9.17) is 0 Å². The van der Waals surface area contributed by atoms with E-state index in [-0.39, 0.29) is 5.91 Å². The van der Waals surface area contributed by atoms with Crippen molar-refractivity contribution in [2.45, 2.75) is 104 Å². The van der Waals surface area contributed by atoms with Crippen LogP contribution in [0.15, 0.2) is 0 Å². The second-order valence-corrected chi connectivity index (χ2v) is 8.12. The van der Waals surface area contributed by atoms with E-state index in [1.54, 1.807) is 0 Å². The molecule has 1 aliphatic carbocycles. The molecule has 130 valence electrons. The number of rotatable bonds is 10. The van der Waals surface area contributed by atoms with Gasteiger partial charge < -0.3 is 5.32 Å². The normalized spacial score (nSPS) is 22.3. The Morgan fingerprint density at radius 2 is 1.50 bits per heavy atom. The first-order valence-electron chi connectivity index (χ1n) is 9.78. The van der Waals surface area contributed by atoms with Crippen molar-refractivity contribution in [2.24, 2.45) is 17.8 Å². The molecule has 1 amide bonds. The molecule has 1 N–H and O–H groups in total. The van der Waals surface area contributed by atoms with Crippen LogP contribution in [0, 0.1) is 17.8 Å². The van der Waals surface area contributed by atoms with Crippen LogP contribution in [0.2, 0.25) is 0 Å². The van der Waals surface area contributed by atoms with E-state index in [1.807, 2.05) is 0 Å². The summed E-state index contributed by atoms with van der Waals surface area (Å²) in [4.78, 5) is 12.0. The van der Waals surface area contributed by atoms with Crippen molar-refractivity contribution in [1.29, 1.82) is 0 Å². The third-order valence-corrected chi connectivity index (χ3v) is 5.27. The van der Waals surface area contributed by atoms with Crippen molar-refractivity contribution in [3.8, 4) is 0 Å². The average Bonchev–Trinajstić information content (AvgIpc) is 2.46. The number of carbonyl (C=O) groups is 1. The van der Waals surface area contributed by atoms with Gasteiger partial charge in [-0.15, -0.1) is 0 Å². The molecular weight excluding hydrogens is 270 g/mol. The second kappa shape index (κ2) is 11.1. The van der Waals surface area contributed by atoms with Crippen molar-refractivity contribution < 1.29 is 4.79 Å². The quantitative estimate of drug-likeness (QED) is 0.515. The third kappa shape index (κ3) is 8.80. The molecule has 1 saturated carbocycles. The monoisotopic (exact) mass is 309 g/mol. The molecule has 0 aliphatic heterocycles. The van der Waals surface area contributed by atoms with Gasteiger partial charge in [0.1, 0.15) is 0 Å². The minimum absolute atomic E-state index is 0.287. The number of unbranched alkanes of at least 4 members (excludes halogenated alkanes) is 4. The largest absolute Gasteiger partial charge is 0.353 e. The van der Waals surface area contributed by atoms with Gasteiger partial charge in [0.15, 0.2) is 0 Å². The molecule has 1 aliphatic rings. The van der Waals surface area contributed by atoms with Gasteiger partial charge >= 0.3 is 0 Å². The lowest BCUT2D eigenvalue weighted by atomic mass is 9.79. The van der Waals surface area contributed by atoms with E-state index in [0.717, 1.165) is 30.6 Å². The Balaban J connectivity index is 1.98. The summed E-state index contributed by atoms with van der Waals surface area (Å²) in [5.41, 5.74) is 0. The molecule has 0 aromatic carbocycles. The first-order valence-corrected chi connectivity index (χ1v) is 9.78. The van der Waals surface area contributed by atoms with Gasteiger partial charge in [-0.2, -0.15) is 0 Å². The van der Waals surface area contributed by atoms with Crippen molar-refractivity contribution in [2.75, 3.05) is 0 Å². The van der Waals surface area contributed by atoms with Gasteiger partial charge in [-0.1, -0.05) is 59.8 Å². The molecule has 0 spiro atoms. The van der Waals surface area contributed by atoms with Gasteiger partial charge in [-0.3, -0.25) is 4.79 Å². The van der Waals surface area contributed by atoms with Crippen molar-refractivity contribution >= 4 is 5.91 Å². The Hall–Kier alpha value is -0.530. The zero-order valence-electron chi connectivity index (χ0n) is 15.5. The standard InChI is InChI=1S/C20H39NO/c1-16(2)10-8-6-5-7-9-11-20(22)21-19-14-12-18(13-15-19)17(3)4/h16-19H,5-15H2,1-4H3,(H,21,22). The van der Waals surface area contributed by atoms with E-state index in [1.165, 1.54) is 57.8 Å². The average molecular weight is 310 g/mol. The fourth-order valence-corrected chi connectivity index (χ4v) is 3.60. The Kier molecular flexibility index (Phi) is 9.82. The summed E-state index contributed by atoms with van der Waals surface area (Å²) in [5, 5.41) is 3.26. The maximum Gasteiger partial charge on any atom is 0.220 e. The lowest BCUT2D eigenvalue weighted by Gasteiger charge is -2.31. The molecule has 22 heavy (non-hydrogen) atoms. The Morgan fingerprint density at radius 3 is 2.09 bits per heavy atom. The smallest absolute Gasteiger partial charge is 0.220 e. The number of carbonyl (C=O) groups excluding carboxylic acids is 1. The summed E-state index contributed by atoms with van der Waals surface area (Å²) in [5.74, 6) is 2.79. The fourth-order valence-electron chi connectivity index (χ4n) is 3.60. The molecular formula is C20H39NO. The number of nitrogens with one attached hydrogen (secondary N) is 1. The maximum absolute atomic E-state index is 12.0.